The average Bonchev–Trinajstić information content (AvgIpc) is 2.92. The van der Waals surface area contributed by atoms with Crippen LogP contribution in [0.25, 0.3) is 0 Å². The molecule has 2 aliphatic rings. The Morgan fingerprint density at radius 3 is 2.00 bits per heavy atom. The summed E-state index contributed by atoms with van der Waals surface area (Å²) in [5.74, 6) is 0. The van der Waals surface area contributed by atoms with Crippen molar-refractivity contribution < 1.29 is 19.1 Å². The molecule has 0 aromatic heterocycles. The summed E-state index contributed by atoms with van der Waals surface area (Å²) in [5, 5.41) is 0. The van der Waals surface area contributed by atoms with Gasteiger partial charge in [0.1, 0.15) is 0 Å². The van der Waals surface area contributed by atoms with E-state index < -0.39 is 19.1 Å². The summed E-state index contributed by atoms with van der Waals surface area (Å²) in [4.78, 5) is 0. The van der Waals surface area contributed by atoms with E-state index in [4.69, 9.17) is 8.51 Å². The molecule has 0 saturated carbocycles. The molecule has 0 nitrogen and oxygen atoms in total. The first-order valence-corrected chi connectivity index (χ1v) is 13.0. The van der Waals surface area contributed by atoms with Gasteiger partial charge in [0, 0.05) is 0 Å². The van der Waals surface area contributed by atoms with E-state index in [1.807, 2.05) is 0 Å². The van der Waals surface area contributed by atoms with Gasteiger partial charge in [-0.05, 0) is 0 Å². The zero-order chi connectivity index (χ0) is 10.7. The molecule has 0 fully saturated rings. The van der Waals surface area contributed by atoms with Crippen LogP contribution < -0.4 is 0 Å². The third-order valence-electron chi connectivity index (χ3n) is 3.15. The van der Waals surface area contributed by atoms with E-state index in [1.165, 1.54) is 10.5 Å². The van der Waals surface area contributed by atoms with Crippen molar-refractivity contribution in [3.63, 3.8) is 0 Å². The van der Waals surface area contributed by atoms with Crippen molar-refractivity contribution in [2.24, 2.45) is 0 Å². The van der Waals surface area contributed by atoms with Crippen LogP contribution in [0.1, 0.15) is 26.2 Å². The third kappa shape index (κ3) is 2.29. The Morgan fingerprint density at radius 2 is 1.67 bits per heavy atom. The second kappa shape index (κ2) is 4.98. The molecule has 0 atom stereocenters. The van der Waals surface area contributed by atoms with Gasteiger partial charge in [-0.3, -0.25) is 0 Å². The second-order valence-corrected chi connectivity index (χ2v) is 16.3. The molecule has 0 aromatic carbocycles. The van der Waals surface area contributed by atoms with Crippen molar-refractivity contribution in [1.29, 1.82) is 0 Å². The van der Waals surface area contributed by atoms with Gasteiger partial charge in [0.25, 0.3) is 0 Å². The number of allylic oxidation sites excluding steroid dienone is 8. The van der Waals surface area contributed by atoms with Gasteiger partial charge in [0.2, 0.25) is 0 Å². The SMILES string of the molecule is CC[CH2][Zr]([Cl])([C]1=CC=CC1)[C]1=CC=CC1. The molecule has 80 valence electrons. The molecule has 0 aliphatic heterocycles. The molecule has 2 aliphatic carbocycles. The summed E-state index contributed by atoms with van der Waals surface area (Å²) in [6.45, 7) is 2.25. The summed E-state index contributed by atoms with van der Waals surface area (Å²) < 4.78 is 4.39. The standard InChI is InChI=1S/2C5H5.C3H7.ClH.Zr/c2*1-2-4-5-3-1;1-3-2;;/h2*1-3H,4H2;1,3H2,2H3;1H;/q;;;;+1/p-1. The van der Waals surface area contributed by atoms with Crippen molar-refractivity contribution in [2.75, 3.05) is 0 Å². The predicted octanol–water partition coefficient (Wildman–Crippen LogP) is 4.81. The summed E-state index contributed by atoms with van der Waals surface area (Å²) in [5.41, 5.74) is 0. The van der Waals surface area contributed by atoms with Gasteiger partial charge in [0.15, 0.2) is 0 Å². The van der Waals surface area contributed by atoms with Crippen LogP contribution in [0.3, 0.4) is 0 Å². The third-order valence-corrected chi connectivity index (χ3v) is 16.9. The Kier molecular flexibility index (Phi) is 3.85. The van der Waals surface area contributed by atoms with Crippen LogP contribution in [0.5, 0.6) is 0 Å². The molecule has 0 amide bonds. The molecular formula is C13H17ClZr. The molecule has 0 radical (unpaired) electrons. The monoisotopic (exact) mass is 298 g/mol. The van der Waals surface area contributed by atoms with Crippen molar-refractivity contribution in [3.8, 4) is 0 Å². The second-order valence-electron chi connectivity index (χ2n) is 4.20. The summed E-state index contributed by atoms with van der Waals surface area (Å²) in [6.07, 6.45) is 16.8. The maximum absolute atomic E-state index is 7.05. The summed E-state index contributed by atoms with van der Waals surface area (Å²) >= 11 is -2.63. The van der Waals surface area contributed by atoms with E-state index in [9.17, 15) is 0 Å². The first kappa shape index (κ1) is 11.6. The Labute approximate surface area is 100 Å². The van der Waals surface area contributed by atoms with E-state index >= 15 is 0 Å². The fourth-order valence-electron chi connectivity index (χ4n) is 2.35. The molecule has 0 aromatic rings. The first-order valence-electron chi connectivity index (χ1n) is 5.68. The Hall–Kier alpha value is 0.133. The predicted molar refractivity (Wildman–Crippen MR) is 64.6 cm³/mol. The maximum atomic E-state index is 7.05. The van der Waals surface area contributed by atoms with Crippen LogP contribution in [-0.2, 0) is 19.1 Å². The van der Waals surface area contributed by atoms with Crippen LogP contribution >= 0.6 is 8.51 Å². The fraction of sp³-hybridized carbons (Fsp3) is 0.385. The molecule has 0 N–H and O–H groups in total. The zero-order valence-corrected chi connectivity index (χ0v) is 12.4. The Balaban J connectivity index is 2.23. The van der Waals surface area contributed by atoms with Gasteiger partial charge in [-0.15, -0.1) is 0 Å². The topological polar surface area (TPSA) is 0 Å². The van der Waals surface area contributed by atoms with E-state index in [1.54, 1.807) is 6.56 Å². The van der Waals surface area contributed by atoms with E-state index in [0.29, 0.717) is 0 Å². The molecule has 0 bridgehead atoms. The minimum absolute atomic E-state index is 1.11. The van der Waals surface area contributed by atoms with E-state index in [-0.39, 0.29) is 0 Å². The molecule has 2 rings (SSSR count). The molecule has 0 saturated heterocycles. The molecule has 15 heavy (non-hydrogen) atoms. The summed E-state index contributed by atoms with van der Waals surface area (Å²) in [6, 6.07) is 0. The zero-order valence-electron chi connectivity index (χ0n) is 9.17. The molecule has 0 spiro atoms. The van der Waals surface area contributed by atoms with Gasteiger partial charge in [-0.25, -0.2) is 0 Å². The van der Waals surface area contributed by atoms with Crippen LogP contribution in [0.2, 0.25) is 4.13 Å². The van der Waals surface area contributed by atoms with Gasteiger partial charge in [0.05, 0.1) is 0 Å². The molecule has 0 heterocycles. The van der Waals surface area contributed by atoms with Crippen molar-refractivity contribution >= 4 is 8.51 Å². The number of halogens is 1. The minimum atomic E-state index is -2.63. The summed E-state index contributed by atoms with van der Waals surface area (Å²) in [7, 11) is 7.05. The van der Waals surface area contributed by atoms with E-state index in [2.05, 4.69) is 43.4 Å². The van der Waals surface area contributed by atoms with Crippen molar-refractivity contribution in [2.45, 2.75) is 30.3 Å². The molecule has 0 unspecified atom stereocenters. The fourth-order valence-corrected chi connectivity index (χ4v) is 13.4. The average molecular weight is 300 g/mol. The Bertz CT molecular complexity index is 331. The van der Waals surface area contributed by atoms with Crippen LogP contribution in [-0.4, -0.2) is 0 Å². The number of rotatable bonds is 4. The normalized spacial score (nSPS) is 19.6. The van der Waals surface area contributed by atoms with Gasteiger partial charge < -0.3 is 0 Å². The van der Waals surface area contributed by atoms with Crippen molar-refractivity contribution in [1.82, 2.24) is 0 Å². The van der Waals surface area contributed by atoms with E-state index in [0.717, 1.165) is 12.8 Å². The van der Waals surface area contributed by atoms with Crippen LogP contribution in [0.15, 0.2) is 43.0 Å². The molecular weight excluding hydrogens is 283 g/mol. The Morgan fingerprint density at radius 1 is 1.13 bits per heavy atom. The van der Waals surface area contributed by atoms with Crippen LogP contribution in [0.4, 0.5) is 0 Å². The van der Waals surface area contributed by atoms with Crippen molar-refractivity contribution in [3.05, 3.63) is 43.0 Å². The van der Waals surface area contributed by atoms with Gasteiger partial charge in [-0.1, -0.05) is 0 Å². The quantitative estimate of drug-likeness (QED) is 0.699. The number of hydrogen-bond donors (Lipinski definition) is 0. The van der Waals surface area contributed by atoms with Gasteiger partial charge >= 0.3 is 101 Å². The molecule has 2 heteroatoms. The number of hydrogen-bond acceptors (Lipinski definition) is 0. The van der Waals surface area contributed by atoms with Crippen LogP contribution in [0, 0.1) is 0 Å². The first-order chi connectivity index (χ1) is 7.27. The van der Waals surface area contributed by atoms with Gasteiger partial charge in [-0.2, -0.15) is 0 Å².